The number of methoxy groups -OCH3 is 1. The van der Waals surface area contributed by atoms with Crippen LogP contribution in [0.1, 0.15) is 34.4 Å². The van der Waals surface area contributed by atoms with Gasteiger partial charge in [-0.05, 0) is 25.5 Å². The van der Waals surface area contributed by atoms with Crippen molar-refractivity contribution in [2.45, 2.75) is 25.4 Å². The molecule has 1 aliphatic heterocycles. The van der Waals surface area contributed by atoms with Gasteiger partial charge in [0.15, 0.2) is 5.76 Å². The predicted molar refractivity (Wildman–Crippen MR) is 92.5 cm³/mol. The van der Waals surface area contributed by atoms with E-state index >= 15 is 0 Å². The number of nitrogens with zero attached hydrogens (tertiary/aromatic N) is 3. The normalized spacial score (nSPS) is 19.0. The molecule has 1 N–H and O–H groups in total. The number of amides is 2. The number of carbonyl (C=O) groups excluding carboxylic acids is 2. The highest BCUT2D eigenvalue weighted by molar-refractivity contribution is 5.94. The zero-order valence-electron chi connectivity index (χ0n) is 14.7. The Morgan fingerprint density at radius 2 is 2.15 bits per heavy atom. The fraction of sp³-hybridized carbons (Fsp3) is 0.353. The van der Waals surface area contributed by atoms with E-state index in [4.69, 9.17) is 9.15 Å². The van der Waals surface area contributed by atoms with Crippen LogP contribution in [0.4, 0.5) is 5.88 Å². The van der Waals surface area contributed by atoms with Crippen LogP contribution < -0.4 is 10.1 Å². The van der Waals surface area contributed by atoms with E-state index in [1.807, 2.05) is 6.92 Å². The first kappa shape index (κ1) is 18.4. The fourth-order valence-electron chi connectivity index (χ4n) is 3.02. The fourth-order valence-corrected chi connectivity index (χ4v) is 3.02. The Balaban J connectivity index is 1.65. The summed E-state index contributed by atoms with van der Waals surface area (Å²) < 4.78 is 9.94. The maximum atomic E-state index is 12.7. The van der Waals surface area contributed by atoms with Crippen LogP contribution in [0.2, 0.25) is 0 Å². The Morgan fingerprint density at radius 1 is 1.37 bits per heavy atom. The van der Waals surface area contributed by atoms with Gasteiger partial charge in [-0.2, -0.15) is 0 Å². The van der Waals surface area contributed by atoms with Gasteiger partial charge in [0.2, 0.25) is 5.88 Å². The largest absolute Gasteiger partial charge is 0.481 e. The molecule has 1 saturated heterocycles. The minimum Gasteiger partial charge on any atom is -0.481 e. The number of pyridine rings is 1. The molecule has 2 unspecified atom stereocenters. The van der Waals surface area contributed by atoms with Crippen LogP contribution in [-0.2, 0) is 0 Å². The van der Waals surface area contributed by atoms with Crippen molar-refractivity contribution in [3.63, 3.8) is 0 Å². The van der Waals surface area contributed by atoms with Crippen molar-refractivity contribution in [1.82, 2.24) is 15.2 Å². The number of furan rings is 1. The van der Waals surface area contributed by atoms with E-state index in [0.29, 0.717) is 18.8 Å². The molecule has 0 saturated carbocycles. The lowest BCUT2D eigenvalue weighted by atomic mass is 10.2. The van der Waals surface area contributed by atoms with Gasteiger partial charge in [-0.15, -0.1) is 0 Å². The van der Waals surface area contributed by atoms with Crippen molar-refractivity contribution < 1.29 is 23.7 Å². The molecule has 10 heteroatoms. The number of likely N-dealkylation sites (tertiary alicyclic amines) is 1. The highest BCUT2D eigenvalue weighted by Gasteiger charge is 2.35. The highest BCUT2D eigenvalue weighted by atomic mass is 16.6. The third-order valence-corrected chi connectivity index (χ3v) is 4.32. The van der Waals surface area contributed by atoms with Crippen molar-refractivity contribution in [2.24, 2.45) is 0 Å². The molecule has 0 bridgehead atoms. The number of hydrogen-bond acceptors (Lipinski definition) is 7. The summed E-state index contributed by atoms with van der Waals surface area (Å²) in [4.78, 5) is 40.6. The second-order valence-electron chi connectivity index (χ2n) is 6.17. The molecule has 2 amide bonds. The molecule has 0 aliphatic carbocycles. The van der Waals surface area contributed by atoms with Crippen LogP contribution in [0.15, 0.2) is 34.7 Å². The van der Waals surface area contributed by atoms with Gasteiger partial charge in [0.05, 0.1) is 13.2 Å². The number of hydrogen-bond donors (Lipinski definition) is 1. The summed E-state index contributed by atoms with van der Waals surface area (Å²) in [5.74, 6) is -1.12. The third kappa shape index (κ3) is 3.89. The summed E-state index contributed by atoms with van der Waals surface area (Å²) in [5, 5.41) is 13.4. The van der Waals surface area contributed by atoms with Gasteiger partial charge in [-0.1, -0.05) is 6.07 Å². The summed E-state index contributed by atoms with van der Waals surface area (Å²) in [6, 6.07) is 6.89. The van der Waals surface area contributed by atoms with Crippen LogP contribution in [0, 0.1) is 10.1 Å². The van der Waals surface area contributed by atoms with Crippen LogP contribution in [0.25, 0.3) is 0 Å². The minimum atomic E-state index is -0.712. The van der Waals surface area contributed by atoms with E-state index in [-0.39, 0.29) is 29.4 Å². The third-order valence-electron chi connectivity index (χ3n) is 4.32. The second-order valence-corrected chi connectivity index (χ2v) is 6.17. The lowest BCUT2D eigenvalue weighted by Crippen LogP contribution is -2.39. The van der Waals surface area contributed by atoms with E-state index in [1.165, 1.54) is 13.2 Å². The van der Waals surface area contributed by atoms with E-state index < -0.39 is 16.7 Å². The lowest BCUT2D eigenvalue weighted by Gasteiger charge is -2.21. The van der Waals surface area contributed by atoms with Crippen molar-refractivity contribution in [2.75, 3.05) is 13.7 Å². The van der Waals surface area contributed by atoms with Gasteiger partial charge in [-0.25, -0.2) is 4.98 Å². The smallest absolute Gasteiger partial charge is 0.433 e. The summed E-state index contributed by atoms with van der Waals surface area (Å²) in [6.07, 6.45) is 0.546. The van der Waals surface area contributed by atoms with Gasteiger partial charge in [-0.3, -0.25) is 19.7 Å². The molecule has 0 spiro atoms. The van der Waals surface area contributed by atoms with Crippen LogP contribution in [-0.4, -0.2) is 52.4 Å². The number of nitrogens with one attached hydrogen (secondary N) is 1. The van der Waals surface area contributed by atoms with Crippen LogP contribution >= 0.6 is 0 Å². The summed E-state index contributed by atoms with van der Waals surface area (Å²) in [5.41, 5.74) is 0.259. The number of rotatable bonds is 5. The van der Waals surface area contributed by atoms with E-state index in [9.17, 15) is 19.7 Å². The monoisotopic (exact) mass is 374 g/mol. The number of aromatic nitrogens is 1. The molecule has 0 aromatic carbocycles. The molecule has 1 aliphatic rings. The second kappa shape index (κ2) is 7.44. The van der Waals surface area contributed by atoms with Gasteiger partial charge in [0.25, 0.3) is 11.8 Å². The molecule has 3 heterocycles. The first-order chi connectivity index (χ1) is 12.9. The Labute approximate surface area is 154 Å². The average molecular weight is 374 g/mol. The van der Waals surface area contributed by atoms with E-state index in [0.717, 1.165) is 6.07 Å². The molecule has 1 fully saturated rings. The molecule has 3 rings (SSSR count). The lowest BCUT2D eigenvalue weighted by molar-refractivity contribution is -0.402. The standard InChI is InChI=1S/C17H18N4O6/c1-10-8-11(18-16(22)13-6-7-15(27-13)21(24)25)9-20(10)17(23)12-4-3-5-14(19-12)26-2/h3-7,10-11H,8-9H2,1-2H3,(H,18,22). The first-order valence-electron chi connectivity index (χ1n) is 8.26. The molecule has 2 atom stereocenters. The topological polar surface area (TPSA) is 128 Å². The Bertz CT molecular complexity index is 880. The van der Waals surface area contributed by atoms with Gasteiger partial charge >= 0.3 is 5.88 Å². The zero-order chi connectivity index (χ0) is 19.6. The molecule has 10 nitrogen and oxygen atoms in total. The van der Waals surface area contributed by atoms with E-state index in [1.54, 1.807) is 23.1 Å². The molecular weight excluding hydrogens is 356 g/mol. The summed E-state index contributed by atoms with van der Waals surface area (Å²) >= 11 is 0. The Hall–Kier alpha value is -3.43. The number of carbonyl (C=O) groups is 2. The molecule has 0 radical (unpaired) electrons. The minimum absolute atomic E-state index is 0.110. The Morgan fingerprint density at radius 3 is 2.81 bits per heavy atom. The Kier molecular flexibility index (Phi) is 5.06. The van der Waals surface area contributed by atoms with Crippen molar-refractivity contribution in [3.05, 3.63) is 51.9 Å². The van der Waals surface area contributed by atoms with Crippen molar-refractivity contribution >= 4 is 17.7 Å². The molecular formula is C17H18N4O6. The quantitative estimate of drug-likeness (QED) is 0.622. The highest BCUT2D eigenvalue weighted by Crippen LogP contribution is 2.22. The molecule has 2 aromatic rings. The average Bonchev–Trinajstić information content (AvgIpc) is 3.28. The van der Waals surface area contributed by atoms with Gasteiger partial charge in [0.1, 0.15) is 10.6 Å². The van der Waals surface area contributed by atoms with Gasteiger partial charge < -0.3 is 19.4 Å². The number of nitro groups is 1. The predicted octanol–water partition coefficient (Wildman–Crippen LogP) is 1.62. The number of ether oxygens (including phenoxy) is 1. The summed E-state index contributed by atoms with van der Waals surface area (Å²) in [6.45, 7) is 2.18. The first-order valence-corrected chi connectivity index (χ1v) is 8.26. The van der Waals surface area contributed by atoms with Crippen LogP contribution in [0.3, 0.4) is 0 Å². The maximum Gasteiger partial charge on any atom is 0.433 e. The molecule has 142 valence electrons. The van der Waals surface area contributed by atoms with Crippen molar-refractivity contribution in [3.8, 4) is 5.88 Å². The SMILES string of the molecule is COc1cccc(C(=O)N2CC(NC(=O)c3ccc([N+](=O)[O-])o3)CC2C)n1. The van der Waals surface area contributed by atoms with Crippen LogP contribution in [0.5, 0.6) is 5.88 Å². The molecule has 2 aromatic heterocycles. The van der Waals surface area contributed by atoms with Crippen molar-refractivity contribution in [1.29, 1.82) is 0 Å². The molecule has 27 heavy (non-hydrogen) atoms. The summed E-state index contributed by atoms with van der Waals surface area (Å²) in [7, 11) is 1.47. The van der Waals surface area contributed by atoms with Gasteiger partial charge in [0, 0.05) is 24.7 Å². The van der Waals surface area contributed by atoms with E-state index in [2.05, 4.69) is 10.3 Å². The zero-order valence-corrected chi connectivity index (χ0v) is 14.7. The maximum absolute atomic E-state index is 12.7.